The van der Waals surface area contributed by atoms with Crippen LogP contribution in [0.25, 0.3) is 5.70 Å². The average molecular weight is 397 g/mol. The summed E-state index contributed by atoms with van der Waals surface area (Å²) in [4.78, 5) is 16.8. The summed E-state index contributed by atoms with van der Waals surface area (Å²) in [7, 11) is 0. The number of aryl methyl sites for hydroxylation is 1. The number of furan rings is 1. The molecule has 0 spiro atoms. The minimum absolute atomic E-state index is 0.168. The molecule has 4 aromatic rings. The van der Waals surface area contributed by atoms with Gasteiger partial charge in [-0.2, -0.15) is 4.98 Å². The van der Waals surface area contributed by atoms with Gasteiger partial charge in [-0.25, -0.2) is 4.68 Å². The number of carbonyl (C=O) groups excluding carboxylic acids is 1. The third-order valence-electron chi connectivity index (χ3n) is 4.94. The molecule has 0 bridgehead atoms. The number of nitrogens with zero attached hydrogens (tertiary/aromatic N) is 3. The number of fused-ring (bicyclic) bond motifs is 1. The Balaban J connectivity index is 1.53. The third-order valence-corrected chi connectivity index (χ3v) is 4.94. The second-order valence-corrected chi connectivity index (χ2v) is 7.06. The van der Waals surface area contributed by atoms with E-state index in [9.17, 15) is 4.79 Å². The fraction of sp³-hybridized carbons (Fsp3) is 0.0870. The largest absolute Gasteiger partial charge is 0.459 e. The minimum Gasteiger partial charge on any atom is -0.459 e. The van der Waals surface area contributed by atoms with Gasteiger partial charge in [0.2, 0.25) is 5.95 Å². The monoisotopic (exact) mass is 397 g/mol. The maximum Gasteiger partial charge on any atom is 0.293 e. The van der Waals surface area contributed by atoms with Gasteiger partial charge in [-0.3, -0.25) is 10.1 Å². The number of allylic oxidation sites excluding steroid dienone is 1. The summed E-state index contributed by atoms with van der Waals surface area (Å²) >= 11 is 0. The van der Waals surface area contributed by atoms with Crippen LogP contribution in [-0.4, -0.2) is 20.7 Å². The maximum absolute atomic E-state index is 12.3. The topological polar surface area (TPSA) is 85.0 Å². The second kappa shape index (κ2) is 7.36. The van der Waals surface area contributed by atoms with E-state index in [-0.39, 0.29) is 17.8 Å². The van der Waals surface area contributed by atoms with Crippen LogP contribution in [0.1, 0.15) is 33.3 Å². The van der Waals surface area contributed by atoms with Crippen molar-refractivity contribution >= 4 is 23.5 Å². The van der Waals surface area contributed by atoms with E-state index in [1.54, 1.807) is 16.8 Å². The van der Waals surface area contributed by atoms with Crippen LogP contribution >= 0.6 is 0 Å². The van der Waals surface area contributed by atoms with Crippen molar-refractivity contribution in [3.05, 3.63) is 102 Å². The molecule has 2 aromatic heterocycles. The van der Waals surface area contributed by atoms with Crippen molar-refractivity contribution in [2.24, 2.45) is 0 Å². The fourth-order valence-electron chi connectivity index (χ4n) is 3.40. The van der Waals surface area contributed by atoms with Gasteiger partial charge in [-0.1, -0.05) is 60.2 Å². The van der Waals surface area contributed by atoms with Crippen molar-refractivity contribution in [3.63, 3.8) is 0 Å². The van der Waals surface area contributed by atoms with Gasteiger partial charge in [0.25, 0.3) is 11.9 Å². The lowest BCUT2D eigenvalue weighted by atomic mass is 10.0. The number of hydrogen-bond donors (Lipinski definition) is 2. The Morgan fingerprint density at radius 1 is 1.07 bits per heavy atom. The van der Waals surface area contributed by atoms with Gasteiger partial charge < -0.3 is 9.73 Å². The highest BCUT2D eigenvalue weighted by Gasteiger charge is 2.26. The van der Waals surface area contributed by atoms with Crippen LogP contribution in [0.3, 0.4) is 0 Å². The van der Waals surface area contributed by atoms with Crippen molar-refractivity contribution in [2.75, 3.05) is 10.6 Å². The molecule has 2 aromatic carbocycles. The number of rotatable bonds is 4. The van der Waals surface area contributed by atoms with Gasteiger partial charge in [-0.15, -0.1) is 5.10 Å². The van der Waals surface area contributed by atoms with Crippen molar-refractivity contribution in [2.45, 2.75) is 13.0 Å². The SMILES string of the molecule is Cc1ccc([C@H]2C=C(c3ccccc3)Nc3nc(NC(=O)c4ccco4)nn32)cc1. The zero-order valence-corrected chi connectivity index (χ0v) is 16.2. The predicted molar refractivity (Wildman–Crippen MR) is 114 cm³/mol. The van der Waals surface area contributed by atoms with E-state index in [1.165, 1.54) is 11.8 Å². The van der Waals surface area contributed by atoms with Crippen molar-refractivity contribution in [3.8, 4) is 0 Å². The number of nitrogens with one attached hydrogen (secondary N) is 2. The van der Waals surface area contributed by atoms with Crippen LogP contribution in [0.4, 0.5) is 11.9 Å². The summed E-state index contributed by atoms with van der Waals surface area (Å²) < 4.78 is 6.92. The van der Waals surface area contributed by atoms with E-state index < -0.39 is 5.91 Å². The smallest absolute Gasteiger partial charge is 0.293 e. The standard InChI is InChI=1S/C23H19N5O2/c1-15-9-11-17(12-10-15)19-14-18(16-6-3-2-4-7-16)24-23-26-22(27-28(19)23)25-21(29)20-8-5-13-30-20/h2-14,19H,1H3,(H2,24,25,26,27,29)/t19-/m1/s1. The Morgan fingerprint density at radius 2 is 1.87 bits per heavy atom. The van der Waals surface area contributed by atoms with Gasteiger partial charge in [0.1, 0.15) is 6.04 Å². The first-order valence-electron chi connectivity index (χ1n) is 9.59. The van der Waals surface area contributed by atoms with Crippen molar-refractivity contribution in [1.82, 2.24) is 14.8 Å². The molecule has 2 N–H and O–H groups in total. The average Bonchev–Trinajstić information content (AvgIpc) is 3.44. The molecule has 148 valence electrons. The second-order valence-electron chi connectivity index (χ2n) is 7.06. The Kier molecular flexibility index (Phi) is 4.40. The van der Waals surface area contributed by atoms with Crippen molar-refractivity contribution < 1.29 is 9.21 Å². The molecule has 0 saturated heterocycles. The van der Waals surface area contributed by atoms with Crippen LogP contribution in [-0.2, 0) is 0 Å². The zero-order valence-electron chi connectivity index (χ0n) is 16.2. The summed E-state index contributed by atoms with van der Waals surface area (Å²) in [6, 6.07) is 21.4. The molecule has 0 radical (unpaired) electrons. The first kappa shape index (κ1) is 17.9. The molecule has 1 aliphatic rings. The van der Waals surface area contributed by atoms with Crippen LogP contribution in [0, 0.1) is 6.92 Å². The molecule has 0 aliphatic carbocycles. The number of benzene rings is 2. The first-order valence-corrected chi connectivity index (χ1v) is 9.59. The first-order chi connectivity index (χ1) is 14.7. The molecule has 1 aliphatic heterocycles. The van der Waals surface area contributed by atoms with Crippen molar-refractivity contribution in [1.29, 1.82) is 0 Å². The van der Waals surface area contributed by atoms with Gasteiger partial charge in [0, 0.05) is 5.70 Å². The molecule has 0 saturated carbocycles. The third kappa shape index (κ3) is 3.37. The molecular weight excluding hydrogens is 378 g/mol. The number of aromatic nitrogens is 3. The molecule has 1 amide bonds. The molecule has 7 nitrogen and oxygen atoms in total. The fourth-order valence-corrected chi connectivity index (χ4v) is 3.40. The number of hydrogen-bond acceptors (Lipinski definition) is 5. The Labute approximate surface area is 173 Å². The van der Waals surface area contributed by atoms with Gasteiger partial charge >= 0.3 is 0 Å². The van der Waals surface area contributed by atoms with E-state index >= 15 is 0 Å². The lowest BCUT2D eigenvalue weighted by Gasteiger charge is -2.24. The van der Waals surface area contributed by atoms with E-state index in [4.69, 9.17) is 4.42 Å². The Hall–Kier alpha value is -4.13. The molecule has 1 atom stereocenters. The zero-order chi connectivity index (χ0) is 20.5. The van der Waals surface area contributed by atoms with Crippen LogP contribution < -0.4 is 10.6 Å². The molecule has 7 heteroatoms. The lowest BCUT2D eigenvalue weighted by Crippen LogP contribution is -2.20. The quantitative estimate of drug-likeness (QED) is 0.530. The number of anilines is 2. The molecular formula is C23H19N5O2. The van der Waals surface area contributed by atoms with Gasteiger partial charge in [0.15, 0.2) is 5.76 Å². The summed E-state index contributed by atoms with van der Waals surface area (Å²) in [6.07, 6.45) is 3.56. The van der Waals surface area contributed by atoms with Crippen LogP contribution in [0.5, 0.6) is 0 Å². The Morgan fingerprint density at radius 3 is 2.60 bits per heavy atom. The molecule has 30 heavy (non-hydrogen) atoms. The molecule has 0 unspecified atom stereocenters. The molecule has 0 fully saturated rings. The van der Waals surface area contributed by atoms with E-state index in [1.807, 2.05) is 30.3 Å². The predicted octanol–water partition coefficient (Wildman–Crippen LogP) is 4.49. The van der Waals surface area contributed by atoms with Crippen LogP contribution in [0.15, 0.2) is 83.5 Å². The lowest BCUT2D eigenvalue weighted by molar-refractivity contribution is 0.0996. The highest BCUT2D eigenvalue weighted by atomic mass is 16.3. The van der Waals surface area contributed by atoms with Gasteiger partial charge in [-0.05, 0) is 36.3 Å². The maximum atomic E-state index is 12.3. The summed E-state index contributed by atoms with van der Waals surface area (Å²) in [5, 5.41) is 10.6. The molecule has 5 rings (SSSR count). The Bertz CT molecular complexity index is 1210. The highest BCUT2D eigenvalue weighted by Crippen LogP contribution is 2.33. The van der Waals surface area contributed by atoms with Gasteiger partial charge in [0.05, 0.1) is 6.26 Å². The highest BCUT2D eigenvalue weighted by molar-refractivity contribution is 6.01. The summed E-state index contributed by atoms with van der Waals surface area (Å²) in [6.45, 7) is 2.06. The van der Waals surface area contributed by atoms with Crippen LogP contribution in [0.2, 0.25) is 0 Å². The van der Waals surface area contributed by atoms with E-state index in [0.717, 1.165) is 16.8 Å². The van der Waals surface area contributed by atoms with E-state index in [0.29, 0.717) is 5.95 Å². The molecule has 3 heterocycles. The van der Waals surface area contributed by atoms with E-state index in [2.05, 4.69) is 58.0 Å². The summed E-state index contributed by atoms with van der Waals surface area (Å²) in [5.74, 6) is 0.565. The minimum atomic E-state index is -0.397. The number of carbonyl (C=O) groups is 1. The number of amides is 1. The normalized spacial score (nSPS) is 15.1. The summed E-state index contributed by atoms with van der Waals surface area (Å²) in [5.41, 5.74) is 4.24.